The van der Waals surface area contributed by atoms with Crippen LogP contribution in [0.25, 0.3) is 0 Å². The van der Waals surface area contributed by atoms with Gasteiger partial charge in [-0.1, -0.05) is 12.3 Å². The predicted octanol–water partition coefficient (Wildman–Crippen LogP) is 1.61. The van der Waals surface area contributed by atoms with Crippen LogP contribution in [-0.2, 0) is 16.0 Å². The van der Waals surface area contributed by atoms with Gasteiger partial charge in [0.1, 0.15) is 17.9 Å². The van der Waals surface area contributed by atoms with Crippen molar-refractivity contribution in [3.05, 3.63) is 43.7 Å². The summed E-state index contributed by atoms with van der Waals surface area (Å²) in [6, 6.07) is 0. The Morgan fingerprint density at radius 2 is 1.71 bits per heavy atom. The second-order valence-electron chi connectivity index (χ2n) is 7.30. The maximum Gasteiger partial charge on any atom is 0.408 e. The summed E-state index contributed by atoms with van der Waals surface area (Å²) in [4.78, 5) is 49.6. The van der Waals surface area contributed by atoms with Crippen LogP contribution in [0.2, 0.25) is 0 Å². The normalized spacial score (nSPS) is 11.5. The average Bonchev–Trinajstić information content (AvgIpc) is 3.28. The predicted molar refractivity (Wildman–Crippen MR) is 137 cm³/mol. The number of guanidine groups is 1. The van der Waals surface area contributed by atoms with E-state index in [1.54, 1.807) is 5.38 Å². The molecule has 38 heavy (non-hydrogen) atoms. The van der Waals surface area contributed by atoms with Gasteiger partial charge in [-0.15, -0.1) is 17.8 Å². The second-order valence-corrected chi connectivity index (χ2v) is 8.16. The lowest BCUT2D eigenvalue weighted by molar-refractivity contribution is -0.134. The van der Waals surface area contributed by atoms with Crippen LogP contribution in [-0.4, -0.2) is 58.9 Å². The highest BCUT2D eigenvalue weighted by Crippen LogP contribution is 2.18. The summed E-state index contributed by atoms with van der Waals surface area (Å²) in [5.41, 5.74) is 5.60. The molecule has 1 aromatic carbocycles. The van der Waals surface area contributed by atoms with Gasteiger partial charge in [0.05, 0.1) is 12.2 Å². The zero-order chi connectivity index (χ0) is 28.7. The summed E-state index contributed by atoms with van der Waals surface area (Å²) in [5.74, 6) is -0.511. The molecule has 0 fully saturated rings. The monoisotopic (exact) mass is 558 g/mol. The third kappa shape index (κ3) is 12.5. The number of alkyl halides is 3. The Morgan fingerprint density at radius 1 is 1.11 bits per heavy atom. The maximum atomic E-state index is 12.1. The van der Waals surface area contributed by atoms with Gasteiger partial charge in [0.2, 0.25) is 0 Å². The molecule has 16 heteroatoms. The first-order valence-corrected chi connectivity index (χ1v) is 11.7. The van der Waals surface area contributed by atoms with Gasteiger partial charge in [0, 0.05) is 24.1 Å². The molecule has 0 saturated carbocycles. The molecule has 0 aliphatic rings. The van der Waals surface area contributed by atoms with E-state index in [2.05, 4.69) is 31.8 Å². The van der Waals surface area contributed by atoms with Crippen LogP contribution in [0.3, 0.4) is 0 Å². The molecule has 12 nitrogen and oxygen atoms in total. The second kappa shape index (κ2) is 15.7. The standard InChI is InChI=1S/C18H21F3N6O2S.C4H4O4/c1-2-7-23-12-13(15(29)14(12)28)24-8-5-3-4-6-11-9-30-17(26-11)27-16(22)25-10-18(19,20)21;5-3(6)1-2-4(7)8/h1,9,23-24H,3-8,10H2,(H3,22,25,26,27);1-2H,(H,5,6)(H,7,8)/b;2-1-. The fourth-order valence-electron chi connectivity index (χ4n) is 2.64. The lowest BCUT2D eigenvalue weighted by Gasteiger charge is -2.13. The van der Waals surface area contributed by atoms with E-state index in [-0.39, 0.29) is 23.9 Å². The average molecular weight is 559 g/mol. The smallest absolute Gasteiger partial charge is 0.408 e. The third-order valence-corrected chi connectivity index (χ3v) is 5.08. The van der Waals surface area contributed by atoms with Crippen molar-refractivity contribution in [3.63, 3.8) is 0 Å². The van der Waals surface area contributed by atoms with Crippen molar-refractivity contribution in [1.82, 2.24) is 4.98 Å². The number of aromatic nitrogens is 1. The van der Waals surface area contributed by atoms with Gasteiger partial charge in [-0.3, -0.25) is 9.59 Å². The Hall–Kier alpha value is -4.39. The fourth-order valence-corrected chi connectivity index (χ4v) is 3.39. The van der Waals surface area contributed by atoms with Crippen molar-refractivity contribution in [3.8, 4) is 12.3 Å². The van der Waals surface area contributed by atoms with Crippen molar-refractivity contribution in [2.75, 3.05) is 35.6 Å². The SMILES string of the molecule is C#CCNc1c(NCCCCCc2csc(N/C(N)=N\CC(F)(F)F)n2)c(=O)c1=O.O=C(O)/C=C\C(=O)O. The van der Waals surface area contributed by atoms with Crippen molar-refractivity contribution in [1.29, 1.82) is 0 Å². The number of terminal acetylenes is 1. The van der Waals surface area contributed by atoms with Gasteiger partial charge < -0.3 is 31.9 Å². The first-order valence-electron chi connectivity index (χ1n) is 10.8. The number of carboxylic acids is 2. The summed E-state index contributed by atoms with van der Waals surface area (Å²) in [7, 11) is 0. The number of halogens is 3. The number of aliphatic imine (C=N–C) groups is 1. The number of unbranched alkanes of at least 4 members (excludes halogenated alkanes) is 2. The molecule has 2 rings (SSSR count). The largest absolute Gasteiger partial charge is 0.478 e. The number of aryl methyl sites for hydroxylation is 1. The van der Waals surface area contributed by atoms with E-state index in [1.165, 1.54) is 11.3 Å². The van der Waals surface area contributed by atoms with Gasteiger partial charge in [0.25, 0.3) is 10.9 Å². The van der Waals surface area contributed by atoms with Gasteiger partial charge >= 0.3 is 18.1 Å². The Labute approximate surface area is 218 Å². The maximum absolute atomic E-state index is 12.1. The van der Waals surface area contributed by atoms with Crippen LogP contribution in [0.5, 0.6) is 0 Å². The van der Waals surface area contributed by atoms with Crippen LogP contribution in [0, 0.1) is 12.3 Å². The topological polar surface area (TPSA) is 196 Å². The highest BCUT2D eigenvalue weighted by atomic mass is 32.1. The molecule has 0 aliphatic carbocycles. The highest BCUT2D eigenvalue weighted by Gasteiger charge is 2.26. The third-order valence-electron chi connectivity index (χ3n) is 4.27. The molecule has 0 amide bonds. The molecule has 0 saturated heterocycles. The number of rotatable bonds is 13. The summed E-state index contributed by atoms with van der Waals surface area (Å²) in [6.45, 7) is -0.647. The number of aliphatic carboxylic acids is 2. The number of thiazole rings is 1. The Bertz CT molecular complexity index is 1240. The molecule has 0 spiro atoms. The van der Waals surface area contributed by atoms with Crippen LogP contribution < -0.4 is 32.5 Å². The number of nitrogens with one attached hydrogen (secondary N) is 3. The lowest BCUT2D eigenvalue weighted by Crippen LogP contribution is -2.37. The Morgan fingerprint density at radius 3 is 2.26 bits per heavy atom. The zero-order valence-corrected chi connectivity index (χ0v) is 20.6. The number of carbonyl (C=O) groups is 2. The first kappa shape index (κ1) is 31.6. The molecule has 0 aliphatic heterocycles. The van der Waals surface area contributed by atoms with Crippen LogP contribution >= 0.6 is 11.3 Å². The van der Waals surface area contributed by atoms with Gasteiger partial charge in [-0.25, -0.2) is 19.6 Å². The number of anilines is 3. The molecule has 2 aromatic rings. The minimum Gasteiger partial charge on any atom is -0.478 e. The van der Waals surface area contributed by atoms with E-state index in [4.69, 9.17) is 22.4 Å². The number of hydrogen-bond acceptors (Lipinski definition) is 9. The lowest BCUT2D eigenvalue weighted by atomic mass is 10.1. The van der Waals surface area contributed by atoms with Crippen LogP contribution in [0.15, 0.2) is 32.1 Å². The minimum absolute atomic E-state index is 0.170. The van der Waals surface area contributed by atoms with Crippen molar-refractivity contribution < 1.29 is 33.0 Å². The molecule has 0 radical (unpaired) electrons. The molecule has 0 bridgehead atoms. The Kier molecular flexibility index (Phi) is 13.0. The highest BCUT2D eigenvalue weighted by molar-refractivity contribution is 7.13. The van der Waals surface area contributed by atoms with Crippen molar-refractivity contribution >= 4 is 45.7 Å². The van der Waals surface area contributed by atoms with E-state index in [0.29, 0.717) is 30.2 Å². The summed E-state index contributed by atoms with van der Waals surface area (Å²) in [6.07, 6.45) is 4.98. The van der Waals surface area contributed by atoms with Crippen LogP contribution in [0.4, 0.5) is 29.7 Å². The van der Waals surface area contributed by atoms with Gasteiger partial charge in [0.15, 0.2) is 11.1 Å². The molecular formula is C22H25F3N6O6S. The quantitative estimate of drug-likeness (QED) is 0.0522. The minimum atomic E-state index is -4.41. The number of hydrogen-bond donors (Lipinski definition) is 6. The van der Waals surface area contributed by atoms with Crippen LogP contribution in [0.1, 0.15) is 25.0 Å². The Balaban J connectivity index is 0.000000781. The summed E-state index contributed by atoms with van der Waals surface area (Å²) < 4.78 is 36.3. The molecule has 7 N–H and O–H groups in total. The molecule has 1 heterocycles. The molecular weight excluding hydrogens is 533 g/mol. The summed E-state index contributed by atoms with van der Waals surface area (Å²) >= 11 is 1.23. The fraction of sp³-hybridized carbons (Fsp3) is 0.364. The molecule has 0 atom stereocenters. The van der Waals surface area contributed by atoms with Gasteiger partial charge in [-0.2, -0.15) is 13.2 Å². The summed E-state index contributed by atoms with van der Waals surface area (Å²) in [5, 5.41) is 26.0. The van der Waals surface area contributed by atoms with E-state index in [9.17, 15) is 32.3 Å². The first-order chi connectivity index (χ1) is 17.8. The van der Waals surface area contributed by atoms with Crippen molar-refractivity contribution in [2.45, 2.75) is 31.9 Å². The number of nitrogens with two attached hydrogens (primary N) is 1. The number of nitrogens with zero attached hydrogens (tertiary/aromatic N) is 2. The number of carboxylic acid groups (broad SMARTS) is 2. The van der Waals surface area contributed by atoms with Gasteiger partial charge in [-0.05, 0) is 19.3 Å². The van der Waals surface area contributed by atoms with E-state index < -0.39 is 35.5 Å². The molecule has 1 aromatic heterocycles. The van der Waals surface area contributed by atoms with E-state index in [0.717, 1.165) is 25.0 Å². The van der Waals surface area contributed by atoms with E-state index in [1.807, 2.05) is 0 Å². The van der Waals surface area contributed by atoms with Crippen molar-refractivity contribution in [2.24, 2.45) is 10.7 Å². The molecule has 206 valence electrons. The molecule has 0 unspecified atom stereocenters. The van der Waals surface area contributed by atoms with E-state index >= 15 is 0 Å². The zero-order valence-electron chi connectivity index (χ0n) is 19.8.